The van der Waals surface area contributed by atoms with Crippen molar-refractivity contribution < 1.29 is 8.78 Å². The van der Waals surface area contributed by atoms with Gasteiger partial charge in [0.15, 0.2) is 0 Å². The molecule has 0 saturated carbocycles. The molecule has 2 aromatic heterocycles. The third-order valence-electron chi connectivity index (χ3n) is 18.5. The highest BCUT2D eigenvalue weighted by Crippen LogP contribution is 2.47. The lowest BCUT2D eigenvalue weighted by Crippen LogP contribution is -2.22. The standard InChI is InChI=1S/C82H64F2N4/c1-81(2,3)59-23-39-75-71(47-59)73-49-67(37-41-77(73)87(75)65-33-25-61(83)26-34-65)85(69-43-55-15-7-11-53-12-8-16-56(44-69)79(53)55)63-29-19-51(20-30-63)52-21-31-64(32-22-52)86(70-45-57-17-9-13-54-14-10-18-58(46-70)80(54)57)68-38-42-78-74(50-68)72-48-60(82(4,5)6)24-40-76(72)88(78)66-35-27-62(84)28-36-66/h7-13,15-50,79H,14H2,1-6H3. The highest BCUT2D eigenvalue weighted by Gasteiger charge is 2.30. The summed E-state index contributed by atoms with van der Waals surface area (Å²) in [7, 11) is 0. The van der Waals surface area contributed by atoms with E-state index in [1.807, 2.05) is 24.3 Å². The molecule has 4 aliphatic carbocycles. The topological polar surface area (TPSA) is 16.3 Å². The van der Waals surface area contributed by atoms with Crippen LogP contribution in [0.25, 0.3) is 83.0 Å². The fourth-order valence-electron chi connectivity index (χ4n) is 14.1. The zero-order valence-electron chi connectivity index (χ0n) is 50.2. The van der Waals surface area contributed by atoms with Gasteiger partial charge in [-0.05, 0) is 236 Å². The normalized spacial score (nSPS) is 15.2. The predicted molar refractivity (Wildman–Crippen MR) is 365 cm³/mol. The van der Waals surface area contributed by atoms with E-state index in [0.29, 0.717) is 0 Å². The van der Waals surface area contributed by atoms with Crippen molar-refractivity contribution in [2.75, 3.05) is 9.80 Å². The van der Waals surface area contributed by atoms with Crippen molar-refractivity contribution in [3.8, 4) is 22.5 Å². The Labute approximate surface area is 512 Å². The Morgan fingerprint density at radius 3 is 1.47 bits per heavy atom. The van der Waals surface area contributed by atoms with E-state index in [2.05, 4.69) is 273 Å². The summed E-state index contributed by atoms with van der Waals surface area (Å²) in [6.07, 6.45) is 23.5. The van der Waals surface area contributed by atoms with Crippen LogP contribution in [0.5, 0.6) is 0 Å². The average Bonchev–Trinajstić information content (AvgIpc) is 1.59. The number of rotatable bonds is 9. The highest BCUT2D eigenvalue weighted by molar-refractivity contribution is 6.12. The smallest absolute Gasteiger partial charge is 0.123 e. The Balaban J connectivity index is 0.820. The first kappa shape index (κ1) is 53.2. The molecule has 0 fully saturated rings. The second-order valence-corrected chi connectivity index (χ2v) is 26.1. The van der Waals surface area contributed by atoms with Gasteiger partial charge < -0.3 is 18.9 Å². The molecular weight excluding hydrogens is 1080 g/mol. The molecule has 1 unspecified atom stereocenters. The Kier molecular flexibility index (Phi) is 12.2. The van der Waals surface area contributed by atoms with Crippen molar-refractivity contribution >= 4 is 88.9 Å². The van der Waals surface area contributed by atoms with Crippen molar-refractivity contribution in [2.45, 2.75) is 58.8 Å². The van der Waals surface area contributed by atoms with Crippen LogP contribution in [0.3, 0.4) is 0 Å². The molecule has 16 rings (SSSR count). The summed E-state index contributed by atoms with van der Waals surface area (Å²) >= 11 is 0. The number of hydrogen-bond donors (Lipinski definition) is 0. The van der Waals surface area contributed by atoms with Crippen LogP contribution in [0.2, 0.25) is 0 Å². The van der Waals surface area contributed by atoms with Crippen molar-refractivity contribution in [2.24, 2.45) is 5.92 Å². The molecule has 4 aliphatic rings. The van der Waals surface area contributed by atoms with Gasteiger partial charge in [0.05, 0.1) is 22.1 Å². The molecule has 88 heavy (non-hydrogen) atoms. The van der Waals surface area contributed by atoms with E-state index in [4.69, 9.17) is 0 Å². The minimum atomic E-state index is -0.258. The SMILES string of the molecule is CC(C)(C)c1ccc2c(c1)c1cc(N(C3=CC4=CC=CC5=CC=CC(=C3)C54)c3ccc(-c4ccc(N(c5cc6c7c(cccc7c5)CC=C6)c5ccc6c(c5)c5cc(C(C)(C)C)ccc5n6-c5ccc(F)cc5)cc4)cc3)ccc1n2-c1ccc(F)cc1. The lowest BCUT2D eigenvalue weighted by molar-refractivity contribution is 0.591. The molecule has 0 saturated heterocycles. The molecule has 6 heteroatoms. The largest absolute Gasteiger partial charge is 0.310 e. The summed E-state index contributed by atoms with van der Waals surface area (Å²) in [5, 5.41) is 7.07. The maximum absolute atomic E-state index is 14.5. The van der Waals surface area contributed by atoms with Crippen molar-refractivity contribution in [1.82, 2.24) is 9.13 Å². The van der Waals surface area contributed by atoms with Gasteiger partial charge in [0.2, 0.25) is 0 Å². The molecule has 0 aliphatic heterocycles. The highest BCUT2D eigenvalue weighted by atomic mass is 19.1. The number of halogens is 2. The second kappa shape index (κ2) is 20.1. The Hall–Kier alpha value is -10.3. The molecule has 1 atom stereocenters. The van der Waals surface area contributed by atoms with Gasteiger partial charge in [-0.1, -0.05) is 145 Å². The van der Waals surface area contributed by atoms with E-state index in [1.165, 1.54) is 49.7 Å². The fraction of sp³-hybridized carbons (Fsp3) is 0.122. The van der Waals surface area contributed by atoms with Crippen LogP contribution in [0.15, 0.2) is 277 Å². The quantitative estimate of drug-likeness (QED) is 0.143. The van der Waals surface area contributed by atoms with Gasteiger partial charge in [-0.25, -0.2) is 8.78 Å². The number of nitrogens with zero attached hydrogens (tertiary/aromatic N) is 4. The monoisotopic (exact) mass is 1140 g/mol. The van der Waals surface area contributed by atoms with Gasteiger partial charge in [-0.3, -0.25) is 0 Å². The van der Waals surface area contributed by atoms with Crippen LogP contribution in [-0.4, -0.2) is 9.13 Å². The summed E-state index contributed by atoms with van der Waals surface area (Å²) in [6.45, 7) is 13.6. The molecule has 0 bridgehead atoms. The Morgan fingerprint density at radius 2 is 0.909 bits per heavy atom. The summed E-state index contributed by atoms with van der Waals surface area (Å²) in [6, 6.07) is 70.3. The van der Waals surface area contributed by atoms with Crippen LogP contribution < -0.4 is 9.80 Å². The molecule has 0 radical (unpaired) electrons. The average molecular weight is 1140 g/mol. The van der Waals surface area contributed by atoms with E-state index >= 15 is 0 Å². The summed E-state index contributed by atoms with van der Waals surface area (Å²) in [5.74, 6) is -0.314. The summed E-state index contributed by atoms with van der Waals surface area (Å²) in [4.78, 5) is 4.80. The Bertz CT molecular complexity index is 5120. The van der Waals surface area contributed by atoms with E-state index in [-0.39, 0.29) is 28.4 Å². The van der Waals surface area contributed by atoms with Gasteiger partial charge in [-0.15, -0.1) is 0 Å². The number of hydrogen-bond acceptors (Lipinski definition) is 2. The number of aromatic nitrogens is 2. The first-order chi connectivity index (χ1) is 42.7. The summed E-state index contributed by atoms with van der Waals surface area (Å²) < 4.78 is 33.5. The molecule has 0 spiro atoms. The summed E-state index contributed by atoms with van der Waals surface area (Å²) in [5.41, 5.74) is 23.3. The predicted octanol–water partition coefficient (Wildman–Crippen LogP) is 22.2. The van der Waals surface area contributed by atoms with Crippen molar-refractivity contribution in [1.29, 1.82) is 0 Å². The van der Waals surface area contributed by atoms with Crippen LogP contribution in [0.4, 0.5) is 37.2 Å². The van der Waals surface area contributed by atoms with Crippen LogP contribution in [0, 0.1) is 17.6 Å². The number of fused-ring (bicyclic) bond motifs is 6. The lowest BCUT2D eigenvalue weighted by Gasteiger charge is -2.34. The van der Waals surface area contributed by atoms with Gasteiger partial charge in [0.1, 0.15) is 11.6 Å². The number of benzene rings is 10. The third kappa shape index (κ3) is 8.91. The maximum Gasteiger partial charge on any atom is 0.123 e. The molecule has 12 aromatic rings. The van der Waals surface area contributed by atoms with Crippen molar-refractivity contribution in [3.63, 3.8) is 0 Å². The van der Waals surface area contributed by atoms with Gasteiger partial charge >= 0.3 is 0 Å². The molecule has 10 aromatic carbocycles. The molecule has 0 amide bonds. The molecule has 2 heterocycles. The zero-order valence-corrected chi connectivity index (χ0v) is 50.2. The van der Waals surface area contributed by atoms with Crippen LogP contribution in [0.1, 0.15) is 63.8 Å². The Morgan fingerprint density at radius 1 is 0.420 bits per heavy atom. The third-order valence-corrected chi connectivity index (χ3v) is 18.5. The van der Waals surface area contributed by atoms with Crippen molar-refractivity contribution in [3.05, 3.63) is 311 Å². The minimum Gasteiger partial charge on any atom is -0.310 e. The number of allylic oxidation sites excluding steroid dienone is 12. The molecule has 426 valence electrons. The molecule has 0 N–H and O–H groups in total. The molecule has 4 nitrogen and oxygen atoms in total. The van der Waals surface area contributed by atoms with E-state index in [9.17, 15) is 8.78 Å². The fourth-order valence-corrected chi connectivity index (χ4v) is 14.1. The van der Waals surface area contributed by atoms with Crippen LogP contribution in [-0.2, 0) is 17.3 Å². The van der Waals surface area contributed by atoms with Gasteiger partial charge in [-0.2, -0.15) is 0 Å². The zero-order chi connectivity index (χ0) is 59.7. The first-order valence-corrected chi connectivity index (χ1v) is 30.6. The second-order valence-electron chi connectivity index (χ2n) is 26.1. The minimum absolute atomic E-state index is 0.0686. The van der Waals surface area contributed by atoms with E-state index < -0.39 is 0 Å². The van der Waals surface area contributed by atoms with Gasteiger partial charge in [0, 0.05) is 73.0 Å². The van der Waals surface area contributed by atoms with Gasteiger partial charge in [0.25, 0.3) is 0 Å². The molecular formula is C82H64F2N4. The lowest BCUT2D eigenvalue weighted by atomic mass is 9.75. The van der Waals surface area contributed by atoms with E-state index in [1.54, 1.807) is 24.3 Å². The maximum atomic E-state index is 14.5. The van der Waals surface area contributed by atoms with Crippen LogP contribution >= 0.6 is 0 Å². The van der Waals surface area contributed by atoms with E-state index in [0.717, 1.165) is 107 Å². The first-order valence-electron chi connectivity index (χ1n) is 30.6. The number of anilines is 5.